The number of anilines is 1. The predicted molar refractivity (Wildman–Crippen MR) is 91.8 cm³/mol. The number of amides is 2. The number of hydrogen-bond acceptors (Lipinski definition) is 2. The molecule has 0 saturated heterocycles. The second-order valence-electron chi connectivity index (χ2n) is 5.81. The first kappa shape index (κ1) is 17.0. The van der Waals surface area contributed by atoms with Gasteiger partial charge < -0.3 is 10.2 Å². The number of nitrogens with zero attached hydrogens (tertiary/aromatic N) is 1. The van der Waals surface area contributed by atoms with Crippen LogP contribution in [0.5, 0.6) is 0 Å². The van der Waals surface area contributed by atoms with Crippen molar-refractivity contribution in [1.29, 1.82) is 0 Å². The zero-order valence-electron chi connectivity index (χ0n) is 13.0. The zero-order valence-corrected chi connectivity index (χ0v) is 14.6. The molecule has 4 nitrogen and oxygen atoms in total. The summed E-state index contributed by atoms with van der Waals surface area (Å²) in [6.45, 7) is 1.55. The van der Waals surface area contributed by atoms with Crippen molar-refractivity contribution in [3.8, 4) is 0 Å². The maximum absolute atomic E-state index is 12.3. The summed E-state index contributed by atoms with van der Waals surface area (Å²) in [5.74, 6) is -0.222. The lowest BCUT2D eigenvalue weighted by Gasteiger charge is -2.24. The Morgan fingerprint density at radius 1 is 1.18 bits per heavy atom. The molecule has 5 heteroatoms. The van der Waals surface area contributed by atoms with Crippen LogP contribution in [0.4, 0.5) is 5.69 Å². The van der Waals surface area contributed by atoms with Gasteiger partial charge in [-0.3, -0.25) is 9.59 Å². The SMILES string of the molecule is CC(=O)N(CC(=O)NC1CCCCCC1)c1ccccc1Br. The average molecular weight is 367 g/mol. The Morgan fingerprint density at radius 3 is 2.41 bits per heavy atom. The second-order valence-corrected chi connectivity index (χ2v) is 6.67. The van der Waals surface area contributed by atoms with Crippen LogP contribution >= 0.6 is 15.9 Å². The third kappa shape index (κ3) is 4.83. The summed E-state index contributed by atoms with van der Waals surface area (Å²) in [7, 11) is 0. The van der Waals surface area contributed by atoms with Crippen LogP contribution in [-0.4, -0.2) is 24.4 Å². The summed E-state index contributed by atoms with van der Waals surface area (Å²) >= 11 is 3.44. The molecule has 0 aromatic heterocycles. The number of benzene rings is 1. The van der Waals surface area contributed by atoms with Crippen molar-refractivity contribution in [3.05, 3.63) is 28.7 Å². The Morgan fingerprint density at radius 2 is 1.82 bits per heavy atom. The fourth-order valence-corrected chi connectivity index (χ4v) is 3.38. The van der Waals surface area contributed by atoms with Crippen molar-refractivity contribution in [1.82, 2.24) is 5.32 Å². The molecule has 1 fully saturated rings. The topological polar surface area (TPSA) is 49.4 Å². The first-order valence-corrected chi connectivity index (χ1v) is 8.69. The van der Waals surface area contributed by atoms with Gasteiger partial charge >= 0.3 is 0 Å². The highest BCUT2D eigenvalue weighted by Crippen LogP contribution is 2.25. The first-order chi connectivity index (χ1) is 10.6. The van der Waals surface area contributed by atoms with Gasteiger partial charge in [-0.05, 0) is 40.9 Å². The van der Waals surface area contributed by atoms with Crippen molar-refractivity contribution >= 4 is 33.4 Å². The van der Waals surface area contributed by atoms with E-state index in [-0.39, 0.29) is 24.4 Å². The summed E-state index contributed by atoms with van der Waals surface area (Å²) in [5, 5.41) is 3.09. The lowest BCUT2D eigenvalue weighted by molar-refractivity contribution is -0.123. The van der Waals surface area contributed by atoms with Gasteiger partial charge in [0.15, 0.2) is 0 Å². The smallest absolute Gasteiger partial charge is 0.240 e. The number of halogens is 1. The lowest BCUT2D eigenvalue weighted by atomic mass is 10.1. The number of rotatable bonds is 4. The van der Waals surface area contributed by atoms with Gasteiger partial charge in [-0.25, -0.2) is 0 Å². The Kier molecular flexibility index (Phi) is 6.43. The third-order valence-electron chi connectivity index (χ3n) is 4.05. The quantitative estimate of drug-likeness (QED) is 0.826. The summed E-state index contributed by atoms with van der Waals surface area (Å²) in [6.07, 6.45) is 6.94. The zero-order chi connectivity index (χ0) is 15.9. The fraction of sp³-hybridized carbons (Fsp3) is 0.529. The van der Waals surface area contributed by atoms with E-state index < -0.39 is 0 Å². The summed E-state index contributed by atoms with van der Waals surface area (Å²) < 4.78 is 0.812. The molecule has 1 N–H and O–H groups in total. The molecule has 1 aromatic carbocycles. The highest BCUT2D eigenvalue weighted by atomic mass is 79.9. The summed E-state index contributed by atoms with van der Waals surface area (Å²) in [5.41, 5.74) is 0.728. The van der Waals surface area contributed by atoms with Crippen LogP contribution in [0.15, 0.2) is 28.7 Å². The third-order valence-corrected chi connectivity index (χ3v) is 4.72. The van der Waals surface area contributed by atoms with E-state index in [9.17, 15) is 9.59 Å². The van der Waals surface area contributed by atoms with Gasteiger partial charge in [-0.2, -0.15) is 0 Å². The number of para-hydroxylation sites is 1. The van der Waals surface area contributed by atoms with E-state index in [4.69, 9.17) is 0 Å². The Hall–Kier alpha value is -1.36. The van der Waals surface area contributed by atoms with Crippen molar-refractivity contribution in [2.24, 2.45) is 0 Å². The van der Waals surface area contributed by atoms with Gasteiger partial charge in [0.25, 0.3) is 0 Å². The van der Waals surface area contributed by atoms with E-state index in [1.807, 2.05) is 24.3 Å². The van der Waals surface area contributed by atoms with E-state index in [2.05, 4.69) is 21.2 Å². The lowest BCUT2D eigenvalue weighted by Crippen LogP contribution is -2.43. The van der Waals surface area contributed by atoms with Crippen LogP contribution in [0.2, 0.25) is 0 Å². The molecule has 0 radical (unpaired) electrons. The summed E-state index contributed by atoms with van der Waals surface area (Å²) in [4.78, 5) is 25.7. The maximum atomic E-state index is 12.3. The van der Waals surface area contributed by atoms with Crippen LogP contribution < -0.4 is 10.2 Å². The highest BCUT2D eigenvalue weighted by Gasteiger charge is 2.20. The standard InChI is InChI=1S/C17H23BrN2O2/c1-13(21)20(16-11-7-6-10-15(16)18)12-17(22)19-14-8-4-2-3-5-9-14/h6-7,10-11,14H,2-5,8-9,12H2,1H3,(H,19,22). The van der Waals surface area contributed by atoms with Gasteiger partial charge in [0.2, 0.25) is 11.8 Å². The molecule has 22 heavy (non-hydrogen) atoms. The molecule has 1 aliphatic rings. The predicted octanol–water partition coefficient (Wildman–Crippen LogP) is 3.64. The van der Waals surface area contributed by atoms with Crippen LogP contribution in [0.25, 0.3) is 0 Å². The van der Waals surface area contributed by atoms with Gasteiger partial charge in [0.05, 0.1) is 5.69 Å². The maximum Gasteiger partial charge on any atom is 0.240 e. The largest absolute Gasteiger partial charge is 0.352 e. The normalized spacial score (nSPS) is 15.9. The molecule has 0 bridgehead atoms. The number of nitrogens with one attached hydrogen (secondary N) is 1. The fourth-order valence-electron chi connectivity index (χ4n) is 2.88. The summed E-state index contributed by atoms with van der Waals surface area (Å²) in [6, 6.07) is 7.71. The molecule has 0 aliphatic heterocycles. The molecule has 120 valence electrons. The molecule has 1 aliphatic carbocycles. The van der Waals surface area contributed by atoms with E-state index in [0.717, 1.165) is 23.0 Å². The molecule has 0 spiro atoms. The highest BCUT2D eigenvalue weighted by molar-refractivity contribution is 9.10. The first-order valence-electron chi connectivity index (χ1n) is 7.90. The van der Waals surface area contributed by atoms with E-state index >= 15 is 0 Å². The number of hydrogen-bond donors (Lipinski definition) is 1. The monoisotopic (exact) mass is 366 g/mol. The van der Waals surface area contributed by atoms with Crippen molar-refractivity contribution in [2.75, 3.05) is 11.4 Å². The Bertz CT molecular complexity index is 525. The molecule has 2 amide bonds. The second kappa shape index (κ2) is 8.32. The van der Waals surface area contributed by atoms with Crippen LogP contribution in [0.1, 0.15) is 45.4 Å². The molecule has 1 saturated carbocycles. The van der Waals surface area contributed by atoms with Gasteiger partial charge in [0, 0.05) is 17.4 Å². The van der Waals surface area contributed by atoms with Crippen LogP contribution in [0, 0.1) is 0 Å². The van der Waals surface area contributed by atoms with E-state index in [0.29, 0.717) is 0 Å². The van der Waals surface area contributed by atoms with Crippen LogP contribution in [-0.2, 0) is 9.59 Å². The van der Waals surface area contributed by atoms with E-state index in [1.54, 1.807) is 0 Å². The van der Waals surface area contributed by atoms with Crippen LogP contribution in [0.3, 0.4) is 0 Å². The van der Waals surface area contributed by atoms with Crippen molar-refractivity contribution in [3.63, 3.8) is 0 Å². The van der Waals surface area contributed by atoms with Gasteiger partial charge in [-0.15, -0.1) is 0 Å². The minimum absolute atomic E-state index is 0.0639. The Labute approximate surface area is 140 Å². The molecular weight excluding hydrogens is 344 g/mol. The molecule has 2 rings (SSSR count). The molecular formula is C17H23BrN2O2. The Balaban J connectivity index is 2.00. The molecule has 0 heterocycles. The van der Waals surface area contributed by atoms with Gasteiger partial charge in [-0.1, -0.05) is 37.8 Å². The number of carbonyl (C=O) groups is 2. The van der Waals surface area contributed by atoms with Gasteiger partial charge in [0.1, 0.15) is 6.54 Å². The van der Waals surface area contributed by atoms with Crippen molar-refractivity contribution in [2.45, 2.75) is 51.5 Å². The minimum Gasteiger partial charge on any atom is -0.352 e. The molecule has 0 unspecified atom stereocenters. The molecule has 1 aromatic rings. The van der Waals surface area contributed by atoms with E-state index in [1.165, 1.54) is 37.5 Å². The van der Waals surface area contributed by atoms with Crippen molar-refractivity contribution < 1.29 is 9.59 Å². The minimum atomic E-state index is -0.136. The number of carbonyl (C=O) groups excluding carboxylic acids is 2. The average Bonchev–Trinajstić information content (AvgIpc) is 2.74. The molecule has 0 atom stereocenters.